The van der Waals surface area contributed by atoms with Gasteiger partial charge in [0, 0.05) is 25.6 Å². The molecule has 1 spiro atoms. The topological polar surface area (TPSA) is 105 Å². The number of hydrogen-bond acceptors (Lipinski definition) is 7. The Morgan fingerprint density at radius 1 is 1.24 bits per heavy atom. The molecule has 2 N–H and O–H groups in total. The van der Waals surface area contributed by atoms with Gasteiger partial charge in [-0.1, -0.05) is 50.3 Å². The van der Waals surface area contributed by atoms with Gasteiger partial charge in [-0.3, -0.25) is 9.69 Å². The molecular weight excluding hydrogens is 540 g/mol. The van der Waals surface area contributed by atoms with Crippen LogP contribution in [0.1, 0.15) is 62.3 Å². The summed E-state index contributed by atoms with van der Waals surface area (Å²) in [5.41, 5.74) is 2.06. The van der Waals surface area contributed by atoms with Crippen LogP contribution in [0, 0.1) is 5.92 Å². The molecule has 2 aromatic rings. The lowest BCUT2D eigenvalue weighted by atomic mass is 9.48. The Labute approximate surface area is 242 Å². The number of nitrogens with zero attached hydrogens (tertiary/aromatic N) is 1. The average molecular weight is 581 g/mol. The van der Waals surface area contributed by atoms with E-state index >= 15 is 0 Å². The smallest absolute Gasteiger partial charge is 0.303 e. The molecule has 0 unspecified atom stereocenters. The molecule has 220 valence electrons. The van der Waals surface area contributed by atoms with Gasteiger partial charge in [0.2, 0.25) is 10.0 Å². The summed E-state index contributed by atoms with van der Waals surface area (Å²) in [6.07, 6.45) is 4.21. The number of ether oxygens (including phenoxy) is 2. The van der Waals surface area contributed by atoms with E-state index in [1.807, 2.05) is 36.4 Å². The van der Waals surface area contributed by atoms with Gasteiger partial charge in [-0.15, -0.1) is 6.58 Å². The van der Waals surface area contributed by atoms with Gasteiger partial charge in [0.25, 0.3) is 0 Å². The molecule has 0 aromatic heterocycles. The number of hydrogen-bond donors (Lipinski definition) is 2. The first-order valence-corrected chi connectivity index (χ1v) is 16.3. The van der Waals surface area contributed by atoms with E-state index in [0.717, 1.165) is 35.2 Å². The van der Waals surface area contributed by atoms with Crippen LogP contribution < -0.4 is 9.46 Å². The second kappa shape index (κ2) is 10.1. The Morgan fingerprint density at radius 2 is 2.00 bits per heavy atom. The summed E-state index contributed by atoms with van der Waals surface area (Å²) in [5, 5.41) is 10.9. The SMILES string of the molecule is C=CCN1CC[C@]23c4c5ccc(O)c4O[C@H]2[C@H](NS(=O)(=O)Cc2ccccc2CC(C)C)CC[C@@]3(OC(C)=O)[C@H]1C5. The zero-order valence-corrected chi connectivity index (χ0v) is 24.9. The third kappa shape index (κ3) is 4.39. The van der Waals surface area contributed by atoms with Crippen molar-refractivity contribution in [2.24, 2.45) is 5.92 Å². The normalized spacial score (nSPS) is 30.0. The minimum atomic E-state index is -3.75. The van der Waals surface area contributed by atoms with E-state index < -0.39 is 33.2 Å². The van der Waals surface area contributed by atoms with Crippen LogP contribution in [-0.2, 0) is 43.6 Å². The van der Waals surface area contributed by atoms with Crippen LogP contribution in [0.3, 0.4) is 0 Å². The third-order valence-electron chi connectivity index (χ3n) is 9.65. The van der Waals surface area contributed by atoms with Gasteiger partial charge >= 0.3 is 5.97 Å². The summed E-state index contributed by atoms with van der Waals surface area (Å²) >= 11 is 0. The van der Waals surface area contributed by atoms with E-state index in [4.69, 9.17) is 9.47 Å². The van der Waals surface area contributed by atoms with E-state index in [1.54, 1.807) is 6.07 Å². The summed E-state index contributed by atoms with van der Waals surface area (Å²) in [5.74, 6) is 0.331. The highest BCUT2D eigenvalue weighted by Crippen LogP contribution is 2.66. The second-order valence-corrected chi connectivity index (χ2v) is 14.3. The summed E-state index contributed by atoms with van der Waals surface area (Å²) < 4.78 is 43.5. The van der Waals surface area contributed by atoms with Crippen molar-refractivity contribution in [1.82, 2.24) is 9.62 Å². The first kappa shape index (κ1) is 28.2. The van der Waals surface area contributed by atoms with E-state index in [9.17, 15) is 18.3 Å². The largest absolute Gasteiger partial charge is 0.504 e. The molecule has 9 heteroatoms. The number of esters is 1. The minimum absolute atomic E-state index is 0.0282. The Morgan fingerprint density at radius 3 is 2.71 bits per heavy atom. The number of rotatable bonds is 9. The van der Waals surface area contributed by atoms with Crippen LogP contribution in [-0.4, -0.2) is 61.3 Å². The summed E-state index contributed by atoms with van der Waals surface area (Å²) in [4.78, 5) is 15.0. The lowest BCUT2D eigenvalue weighted by molar-refractivity contribution is -0.217. The maximum absolute atomic E-state index is 13.7. The van der Waals surface area contributed by atoms with Crippen LogP contribution in [0.15, 0.2) is 49.1 Å². The fourth-order valence-corrected chi connectivity index (χ4v) is 9.86. The van der Waals surface area contributed by atoms with E-state index in [1.165, 1.54) is 6.92 Å². The number of carbonyl (C=O) groups excluding carboxylic acids is 1. The fourth-order valence-electron chi connectivity index (χ4n) is 8.38. The van der Waals surface area contributed by atoms with Crippen molar-refractivity contribution in [3.05, 3.63) is 71.3 Å². The minimum Gasteiger partial charge on any atom is -0.504 e. The molecule has 2 heterocycles. The lowest BCUT2D eigenvalue weighted by Gasteiger charge is -2.65. The highest BCUT2D eigenvalue weighted by atomic mass is 32.2. The number of carbonyl (C=O) groups is 1. The van der Waals surface area contributed by atoms with Gasteiger partial charge in [-0.05, 0) is 60.8 Å². The number of sulfonamides is 1. The molecule has 0 radical (unpaired) electrons. The molecule has 2 aliphatic heterocycles. The second-order valence-electron chi connectivity index (χ2n) is 12.6. The first-order valence-electron chi connectivity index (χ1n) is 14.6. The van der Waals surface area contributed by atoms with Gasteiger partial charge in [-0.25, -0.2) is 13.1 Å². The molecule has 2 fully saturated rings. The van der Waals surface area contributed by atoms with E-state index in [0.29, 0.717) is 43.9 Å². The maximum Gasteiger partial charge on any atom is 0.303 e. The molecule has 2 aromatic carbocycles. The van der Waals surface area contributed by atoms with E-state index in [-0.39, 0.29) is 23.5 Å². The Kier molecular flexibility index (Phi) is 6.98. The summed E-state index contributed by atoms with van der Waals surface area (Å²) in [6.45, 7) is 11.0. The van der Waals surface area contributed by atoms with Crippen LogP contribution >= 0.6 is 0 Å². The van der Waals surface area contributed by atoms with Crippen molar-refractivity contribution in [1.29, 1.82) is 0 Å². The van der Waals surface area contributed by atoms with Crippen molar-refractivity contribution >= 4 is 16.0 Å². The van der Waals surface area contributed by atoms with Crippen molar-refractivity contribution < 1.29 is 27.8 Å². The number of likely N-dealkylation sites (tertiary alicyclic amines) is 1. The maximum atomic E-state index is 13.7. The quantitative estimate of drug-likeness (QED) is 0.341. The lowest BCUT2D eigenvalue weighted by Crippen LogP contribution is -2.79. The Balaban J connectivity index is 1.41. The van der Waals surface area contributed by atoms with Crippen LogP contribution in [0.25, 0.3) is 0 Å². The molecule has 6 rings (SSSR count). The van der Waals surface area contributed by atoms with Crippen LogP contribution in [0.4, 0.5) is 0 Å². The van der Waals surface area contributed by atoms with E-state index in [2.05, 4.69) is 30.0 Å². The Hall–Kier alpha value is -2.88. The molecule has 8 nitrogen and oxygen atoms in total. The zero-order chi connectivity index (χ0) is 29.2. The van der Waals surface area contributed by atoms with Gasteiger partial charge in [0.1, 0.15) is 11.7 Å². The number of aromatic hydroxyl groups is 1. The predicted molar refractivity (Wildman–Crippen MR) is 156 cm³/mol. The van der Waals surface area contributed by atoms with Gasteiger partial charge in [-0.2, -0.15) is 0 Å². The summed E-state index contributed by atoms with van der Waals surface area (Å²) in [7, 11) is -3.75. The van der Waals surface area contributed by atoms with Gasteiger partial charge in [0.15, 0.2) is 11.5 Å². The average Bonchev–Trinajstić information content (AvgIpc) is 3.25. The molecule has 1 saturated carbocycles. The Bertz CT molecular complexity index is 1490. The molecular formula is C32H40N2O6S. The van der Waals surface area contributed by atoms with Gasteiger partial charge in [0.05, 0.1) is 23.3 Å². The molecule has 4 aliphatic rings. The third-order valence-corrected chi connectivity index (χ3v) is 11.0. The highest BCUT2D eigenvalue weighted by molar-refractivity contribution is 7.88. The summed E-state index contributed by atoms with van der Waals surface area (Å²) in [6, 6.07) is 10.6. The fraction of sp³-hybridized carbons (Fsp3) is 0.531. The standard InChI is InChI=1S/C32H40N2O6S/c1-5-15-34-16-14-31-28-23-10-11-26(36)29(28)39-30(31)25(12-13-32(31,27(34)18-23)40-21(4)35)33-41(37,38)19-24-9-7-6-8-22(24)17-20(2)3/h5-11,20,25,27,30,33,36H,1,12-19H2,2-4H3/t25-,27-,30+,31+,32-/m1/s1. The molecule has 1 saturated heterocycles. The van der Waals surface area contributed by atoms with Crippen molar-refractivity contribution in [2.75, 3.05) is 13.1 Å². The van der Waals surface area contributed by atoms with Crippen LogP contribution in [0.5, 0.6) is 11.5 Å². The molecule has 41 heavy (non-hydrogen) atoms. The first-order chi connectivity index (χ1) is 19.5. The number of piperidine rings is 1. The number of phenols is 1. The number of nitrogens with one attached hydrogen (secondary N) is 1. The molecule has 2 aliphatic carbocycles. The van der Waals surface area contributed by atoms with Crippen molar-refractivity contribution in [3.8, 4) is 11.5 Å². The van der Waals surface area contributed by atoms with Gasteiger partial charge < -0.3 is 14.6 Å². The predicted octanol–water partition coefficient (Wildman–Crippen LogP) is 3.99. The van der Waals surface area contributed by atoms with Crippen molar-refractivity contribution in [3.63, 3.8) is 0 Å². The molecule has 5 atom stereocenters. The molecule has 0 amide bonds. The highest BCUT2D eigenvalue weighted by Gasteiger charge is 2.75. The van der Waals surface area contributed by atoms with Crippen molar-refractivity contribution in [2.45, 2.75) is 87.8 Å². The van der Waals surface area contributed by atoms with Crippen LogP contribution in [0.2, 0.25) is 0 Å². The number of phenolic OH excluding ortho intramolecular Hbond substituents is 1. The number of benzene rings is 2. The monoisotopic (exact) mass is 580 g/mol. The molecule has 2 bridgehead atoms. The zero-order valence-electron chi connectivity index (χ0n) is 24.1.